The van der Waals surface area contributed by atoms with Crippen LogP contribution in [0.3, 0.4) is 0 Å². The molecular formula is C19H15BCl2O2. The zero-order valence-electron chi connectivity index (χ0n) is 13.2. The number of halogens is 2. The first-order chi connectivity index (χ1) is 11.5. The number of allylic oxidation sites excluding steroid dienone is 1. The maximum absolute atomic E-state index is 11.7. The predicted molar refractivity (Wildman–Crippen MR) is 99.7 cm³/mol. The van der Waals surface area contributed by atoms with E-state index in [0.717, 1.165) is 41.5 Å². The Labute approximate surface area is 152 Å². The van der Waals surface area contributed by atoms with Crippen LogP contribution in [0.2, 0.25) is 10.0 Å². The highest BCUT2D eigenvalue weighted by atomic mass is 35.5. The third kappa shape index (κ3) is 3.24. The van der Waals surface area contributed by atoms with Crippen LogP contribution in [-0.4, -0.2) is 20.9 Å². The third-order valence-electron chi connectivity index (χ3n) is 4.27. The molecule has 0 atom stereocenters. The van der Waals surface area contributed by atoms with Crippen LogP contribution in [0.15, 0.2) is 36.4 Å². The van der Waals surface area contributed by atoms with Crippen LogP contribution in [0.5, 0.6) is 0 Å². The standard InChI is InChI=1S/C19H15BCl2O2/c1-24-19(23)12-5-7-14-11(9-12)3-2-4-16(18(14)20)15-8-6-13(21)10-17(15)22/h5-10H,2-4H2,1H3. The number of ether oxygens (including phenoxy) is 1. The van der Waals surface area contributed by atoms with Gasteiger partial charge in [0.15, 0.2) is 0 Å². The zero-order chi connectivity index (χ0) is 17.3. The Hall–Kier alpha value is -1.71. The Morgan fingerprint density at radius 1 is 1.08 bits per heavy atom. The minimum absolute atomic E-state index is 0.342. The maximum atomic E-state index is 11.7. The number of rotatable bonds is 2. The SMILES string of the molecule is [B]C1=C(c2ccc(Cl)cc2Cl)CCCc2cc(C(=O)OC)ccc21. The van der Waals surface area contributed by atoms with Crippen LogP contribution < -0.4 is 0 Å². The second kappa shape index (κ2) is 7.04. The van der Waals surface area contributed by atoms with Crippen LogP contribution in [0.4, 0.5) is 0 Å². The number of carbonyl (C=O) groups is 1. The van der Waals surface area contributed by atoms with Gasteiger partial charge in [0.2, 0.25) is 0 Å². The van der Waals surface area contributed by atoms with Gasteiger partial charge in [0.05, 0.1) is 12.7 Å². The molecule has 0 saturated heterocycles. The molecule has 0 saturated carbocycles. The van der Waals surface area contributed by atoms with Crippen LogP contribution in [0.1, 0.15) is 39.9 Å². The molecule has 0 heterocycles. The van der Waals surface area contributed by atoms with Gasteiger partial charge in [0.1, 0.15) is 7.85 Å². The number of benzene rings is 2. The molecular weight excluding hydrogens is 342 g/mol. The minimum atomic E-state index is -0.342. The van der Waals surface area contributed by atoms with Crippen LogP contribution in [0.25, 0.3) is 11.0 Å². The summed E-state index contributed by atoms with van der Waals surface area (Å²) in [6.07, 6.45) is 2.58. The number of esters is 1. The van der Waals surface area contributed by atoms with Gasteiger partial charge in [-0.3, -0.25) is 0 Å². The zero-order valence-corrected chi connectivity index (χ0v) is 14.7. The second-order valence-electron chi connectivity index (χ2n) is 5.73. The van der Waals surface area contributed by atoms with Crippen molar-refractivity contribution >= 4 is 48.1 Å². The highest BCUT2D eigenvalue weighted by molar-refractivity contribution is 6.47. The fourth-order valence-electron chi connectivity index (χ4n) is 3.07. The lowest BCUT2D eigenvalue weighted by Crippen LogP contribution is -2.03. The van der Waals surface area contributed by atoms with Crippen molar-refractivity contribution in [1.82, 2.24) is 0 Å². The largest absolute Gasteiger partial charge is 0.465 e. The molecule has 120 valence electrons. The molecule has 1 aliphatic carbocycles. The van der Waals surface area contributed by atoms with Crippen molar-refractivity contribution in [2.45, 2.75) is 19.3 Å². The van der Waals surface area contributed by atoms with Gasteiger partial charge in [-0.25, -0.2) is 4.79 Å². The van der Waals surface area contributed by atoms with Crippen LogP contribution in [-0.2, 0) is 11.2 Å². The number of methoxy groups -OCH3 is 1. The fraction of sp³-hybridized carbons (Fsp3) is 0.211. The molecule has 2 nitrogen and oxygen atoms in total. The summed E-state index contributed by atoms with van der Waals surface area (Å²) in [5.41, 5.74) is 5.15. The van der Waals surface area contributed by atoms with Gasteiger partial charge in [-0.1, -0.05) is 40.8 Å². The van der Waals surface area contributed by atoms with Gasteiger partial charge < -0.3 is 4.74 Å². The number of hydrogen-bond donors (Lipinski definition) is 0. The lowest BCUT2D eigenvalue weighted by molar-refractivity contribution is 0.0600. The van der Waals surface area contributed by atoms with Crippen molar-refractivity contribution in [3.8, 4) is 0 Å². The van der Waals surface area contributed by atoms with E-state index >= 15 is 0 Å². The molecule has 2 aromatic carbocycles. The Morgan fingerprint density at radius 2 is 1.83 bits per heavy atom. The molecule has 0 aliphatic heterocycles. The van der Waals surface area contributed by atoms with E-state index in [4.69, 9.17) is 35.8 Å². The van der Waals surface area contributed by atoms with E-state index in [9.17, 15) is 4.79 Å². The lowest BCUT2D eigenvalue weighted by atomic mass is 9.80. The molecule has 0 bridgehead atoms. The molecule has 0 fully saturated rings. The first kappa shape index (κ1) is 17.1. The maximum Gasteiger partial charge on any atom is 0.337 e. The summed E-state index contributed by atoms with van der Waals surface area (Å²) >= 11 is 12.3. The normalized spacial score (nSPS) is 14.1. The molecule has 2 aromatic rings. The van der Waals surface area contributed by atoms with Crippen LogP contribution in [0, 0.1) is 0 Å². The monoisotopic (exact) mass is 356 g/mol. The lowest BCUT2D eigenvalue weighted by Gasteiger charge is -2.14. The summed E-state index contributed by atoms with van der Waals surface area (Å²) in [4.78, 5) is 11.7. The predicted octanol–water partition coefficient (Wildman–Crippen LogP) is 5.15. The molecule has 5 heteroatoms. The molecule has 0 aromatic heterocycles. The van der Waals surface area contributed by atoms with Gasteiger partial charge in [0, 0.05) is 10.0 Å². The van der Waals surface area contributed by atoms with Crippen molar-refractivity contribution in [1.29, 1.82) is 0 Å². The molecule has 2 radical (unpaired) electrons. The fourth-order valence-corrected chi connectivity index (χ4v) is 3.60. The van der Waals surface area contributed by atoms with E-state index in [-0.39, 0.29) is 5.97 Å². The Morgan fingerprint density at radius 3 is 2.54 bits per heavy atom. The minimum Gasteiger partial charge on any atom is -0.465 e. The van der Waals surface area contributed by atoms with Gasteiger partial charge >= 0.3 is 5.97 Å². The van der Waals surface area contributed by atoms with E-state index in [2.05, 4.69) is 0 Å². The van der Waals surface area contributed by atoms with Crippen molar-refractivity contribution in [2.75, 3.05) is 7.11 Å². The highest BCUT2D eigenvalue weighted by Gasteiger charge is 2.18. The molecule has 0 N–H and O–H groups in total. The van der Waals surface area contributed by atoms with Gasteiger partial charge in [0.25, 0.3) is 0 Å². The van der Waals surface area contributed by atoms with Crippen molar-refractivity contribution in [3.63, 3.8) is 0 Å². The summed E-state index contributed by atoms with van der Waals surface area (Å²) < 4.78 is 4.79. The molecule has 24 heavy (non-hydrogen) atoms. The molecule has 0 unspecified atom stereocenters. The van der Waals surface area contributed by atoms with E-state index in [0.29, 0.717) is 21.1 Å². The summed E-state index contributed by atoms with van der Waals surface area (Å²) in [6.45, 7) is 0. The quantitative estimate of drug-likeness (QED) is 0.549. The number of fused-ring (bicyclic) bond motifs is 1. The first-order valence-electron chi connectivity index (χ1n) is 7.67. The van der Waals surface area contributed by atoms with Gasteiger partial charge in [-0.2, -0.15) is 0 Å². The third-order valence-corrected chi connectivity index (χ3v) is 4.82. The number of hydrogen-bond acceptors (Lipinski definition) is 2. The number of carbonyl (C=O) groups excluding carboxylic acids is 1. The van der Waals surface area contributed by atoms with E-state index in [1.807, 2.05) is 24.3 Å². The second-order valence-corrected chi connectivity index (χ2v) is 6.58. The van der Waals surface area contributed by atoms with Gasteiger partial charge in [-0.05, 0) is 65.8 Å². The van der Waals surface area contributed by atoms with E-state index in [1.165, 1.54) is 7.11 Å². The Kier molecular flexibility index (Phi) is 5.03. The highest BCUT2D eigenvalue weighted by Crippen LogP contribution is 2.38. The smallest absolute Gasteiger partial charge is 0.337 e. The summed E-state index contributed by atoms with van der Waals surface area (Å²) in [5, 5.41) is 1.19. The Balaban J connectivity index is 2.11. The average molecular weight is 357 g/mol. The van der Waals surface area contributed by atoms with Crippen molar-refractivity contribution < 1.29 is 9.53 Å². The summed E-state index contributed by atoms with van der Waals surface area (Å²) in [7, 11) is 7.84. The van der Waals surface area contributed by atoms with Crippen LogP contribution >= 0.6 is 23.2 Å². The topological polar surface area (TPSA) is 26.3 Å². The van der Waals surface area contributed by atoms with E-state index in [1.54, 1.807) is 12.1 Å². The van der Waals surface area contributed by atoms with E-state index < -0.39 is 0 Å². The Bertz CT molecular complexity index is 843. The van der Waals surface area contributed by atoms with Gasteiger partial charge in [-0.15, -0.1) is 0 Å². The molecule has 1 aliphatic rings. The van der Waals surface area contributed by atoms with Crippen molar-refractivity contribution in [3.05, 3.63) is 68.7 Å². The summed E-state index contributed by atoms with van der Waals surface area (Å²) in [6, 6.07) is 10.9. The summed E-state index contributed by atoms with van der Waals surface area (Å²) in [5.74, 6) is -0.342. The average Bonchev–Trinajstić information content (AvgIpc) is 2.73. The van der Waals surface area contributed by atoms with Crippen molar-refractivity contribution in [2.24, 2.45) is 0 Å². The first-order valence-corrected chi connectivity index (χ1v) is 8.42. The number of aryl methyl sites for hydroxylation is 1. The molecule has 3 rings (SSSR count). The molecule has 0 amide bonds. The molecule has 0 spiro atoms.